The molecule has 1 N–H and O–H groups in total. The average molecular weight is 524 g/mol. The van der Waals surface area contributed by atoms with Crippen LogP contribution < -0.4 is 5.32 Å². The predicted molar refractivity (Wildman–Crippen MR) is 123 cm³/mol. The number of nitrogens with one attached hydrogen (secondary N) is 1. The van der Waals surface area contributed by atoms with Gasteiger partial charge in [-0.3, -0.25) is 9.59 Å². The molecule has 1 saturated heterocycles. The third-order valence-corrected chi connectivity index (χ3v) is 6.93. The van der Waals surface area contributed by atoms with Crippen LogP contribution in [0.3, 0.4) is 0 Å². The number of carbonyl (C=O) groups excluding carboxylic acids is 2. The van der Waals surface area contributed by atoms with Gasteiger partial charge >= 0.3 is 6.18 Å². The molecule has 0 aromatic heterocycles. The number of benzene rings is 2. The SMILES string of the molecule is Cc1cc(C2=NOC(c3cc(C(F)(F)F)cc(Cl)c3F)C2)ccc1C(=O)NC1CN(C(=O)C2CC2)C1. The van der Waals surface area contributed by atoms with Gasteiger partial charge in [0.05, 0.1) is 22.3 Å². The summed E-state index contributed by atoms with van der Waals surface area (Å²) < 4.78 is 54.0. The number of amides is 2. The summed E-state index contributed by atoms with van der Waals surface area (Å²) in [5.74, 6) is -0.930. The number of carbonyl (C=O) groups is 2. The molecule has 1 atom stereocenters. The second kappa shape index (κ2) is 9.06. The number of likely N-dealkylation sites (tertiary alicyclic amines) is 1. The monoisotopic (exact) mass is 523 g/mol. The van der Waals surface area contributed by atoms with Crippen molar-refractivity contribution in [3.8, 4) is 0 Å². The molecule has 2 amide bonds. The fourth-order valence-corrected chi connectivity index (χ4v) is 4.65. The first kappa shape index (κ1) is 24.5. The molecule has 2 heterocycles. The zero-order chi connectivity index (χ0) is 25.8. The summed E-state index contributed by atoms with van der Waals surface area (Å²) >= 11 is 5.69. The molecule has 0 bridgehead atoms. The predicted octanol–water partition coefficient (Wildman–Crippen LogP) is 5.02. The molecule has 6 nitrogen and oxygen atoms in total. The van der Waals surface area contributed by atoms with E-state index in [1.54, 1.807) is 30.0 Å². The largest absolute Gasteiger partial charge is 0.416 e. The van der Waals surface area contributed by atoms with Crippen LogP contribution in [0.2, 0.25) is 5.02 Å². The number of nitrogens with zero attached hydrogens (tertiary/aromatic N) is 2. The Morgan fingerprint density at radius 2 is 1.89 bits per heavy atom. The fraction of sp³-hybridized carbons (Fsp3) is 0.400. The molecule has 2 aromatic carbocycles. The number of rotatable bonds is 5. The minimum Gasteiger partial charge on any atom is -0.387 e. The lowest BCUT2D eigenvalue weighted by molar-refractivity contribution is -0.138. The van der Waals surface area contributed by atoms with Gasteiger partial charge in [-0.25, -0.2) is 4.39 Å². The van der Waals surface area contributed by atoms with E-state index in [-0.39, 0.29) is 35.8 Å². The summed E-state index contributed by atoms with van der Waals surface area (Å²) in [5.41, 5.74) is 0.743. The second-order valence-electron chi connectivity index (χ2n) is 9.41. The highest BCUT2D eigenvalue weighted by atomic mass is 35.5. The summed E-state index contributed by atoms with van der Waals surface area (Å²) in [6, 6.07) is 6.13. The Morgan fingerprint density at radius 1 is 1.17 bits per heavy atom. The fourth-order valence-electron chi connectivity index (χ4n) is 4.42. The highest BCUT2D eigenvalue weighted by Gasteiger charge is 2.40. The van der Waals surface area contributed by atoms with E-state index in [0.717, 1.165) is 12.8 Å². The van der Waals surface area contributed by atoms with Gasteiger partial charge in [0.2, 0.25) is 5.91 Å². The number of oxime groups is 1. The Kier molecular flexibility index (Phi) is 6.18. The van der Waals surface area contributed by atoms with E-state index in [0.29, 0.717) is 47.6 Å². The standard InChI is InChI=1S/C25H22ClF4N3O3/c1-12-6-14(4-5-17(12)23(34)31-16-10-33(11-16)24(35)13-2-3-13)20-9-21(36-32-20)18-7-15(25(28,29)30)8-19(26)22(18)27/h4-8,13,16,21H,2-3,9-11H2,1H3,(H,31,34). The van der Waals surface area contributed by atoms with Crippen molar-refractivity contribution in [1.29, 1.82) is 0 Å². The van der Waals surface area contributed by atoms with Crippen LogP contribution in [0.1, 0.15) is 58.0 Å². The van der Waals surface area contributed by atoms with Gasteiger partial charge in [-0.15, -0.1) is 0 Å². The van der Waals surface area contributed by atoms with Crippen molar-refractivity contribution in [2.24, 2.45) is 11.1 Å². The van der Waals surface area contributed by atoms with E-state index in [1.807, 2.05) is 0 Å². The Balaban J connectivity index is 1.23. The molecule has 11 heteroatoms. The highest BCUT2D eigenvalue weighted by molar-refractivity contribution is 6.30. The Morgan fingerprint density at radius 3 is 2.53 bits per heavy atom. The van der Waals surface area contributed by atoms with Crippen LogP contribution in [0.4, 0.5) is 17.6 Å². The summed E-state index contributed by atoms with van der Waals surface area (Å²) in [6.07, 6.45) is -3.84. The van der Waals surface area contributed by atoms with Crippen molar-refractivity contribution >= 4 is 29.1 Å². The van der Waals surface area contributed by atoms with E-state index in [9.17, 15) is 27.2 Å². The molecule has 2 aliphatic heterocycles. The van der Waals surface area contributed by atoms with Crippen molar-refractivity contribution in [3.05, 3.63) is 69.0 Å². The van der Waals surface area contributed by atoms with Crippen molar-refractivity contribution in [1.82, 2.24) is 10.2 Å². The first-order valence-corrected chi connectivity index (χ1v) is 11.9. The lowest BCUT2D eigenvalue weighted by atomic mass is 9.96. The molecule has 1 saturated carbocycles. The summed E-state index contributed by atoms with van der Waals surface area (Å²) in [4.78, 5) is 31.8. The quantitative estimate of drug-likeness (QED) is 0.559. The zero-order valence-corrected chi connectivity index (χ0v) is 19.9. The summed E-state index contributed by atoms with van der Waals surface area (Å²) in [6.45, 7) is 2.76. The smallest absolute Gasteiger partial charge is 0.387 e. The molecule has 0 spiro atoms. The van der Waals surface area contributed by atoms with Crippen LogP contribution in [-0.4, -0.2) is 41.6 Å². The van der Waals surface area contributed by atoms with Gasteiger partial charge in [-0.1, -0.05) is 22.8 Å². The maximum atomic E-state index is 14.5. The molecule has 190 valence electrons. The first-order chi connectivity index (χ1) is 17.0. The number of hydrogen-bond donors (Lipinski definition) is 1. The average Bonchev–Trinajstić information content (AvgIpc) is 3.53. The molecule has 0 radical (unpaired) electrons. The van der Waals surface area contributed by atoms with Gasteiger partial charge in [-0.2, -0.15) is 13.2 Å². The first-order valence-electron chi connectivity index (χ1n) is 11.5. The molecule has 1 aliphatic carbocycles. The van der Waals surface area contributed by atoms with Gasteiger partial charge in [-0.05, 0) is 55.2 Å². The molecule has 5 rings (SSSR count). The van der Waals surface area contributed by atoms with Crippen LogP contribution in [0, 0.1) is 18.7 Å². The van der Waals surface area contributed by atoms with Gasteiger partial charge in [0.15, 0.2) is 6.10 Å². The molecule has 1 unspecified atom stereocenters. The third kappa shape index (κ3) is 4.78. The van der Waals surface area contributed by atoms with Gasteiger partial charge in [0.25, 0.3) is 5.91 Å². The van der Waals surface area contributed by atoms with Crippen LogP contribution in [-0.2, 0) is 15.8 Å². The van der Waals surface area contributed by atoms with Crippen molar-refractivity contribution < 1.29 is 32.0 Å². The van der Waals surface area contributed by atoms with Gasteiger partial charge in [0.1, 0.15) is 5.82 Å². The molecule has 2 aromatic rings. The summed E-state index contributed by atoms with van der Waals surface area (Å²) in [7, 11) is 0. The minimum absolute atomic E-state index is 0.0342. The normalized spacial score (nSPS) is 20.0. The molecular formula is C25H22ClF4N3O3. The number of alkyl halides is 3. The molecule has 3 aliphatic rings. The molecular weight excluding hydrogens is 502 g/mol. The molecule has 36 heavy (non-hydrogen) atoms. The topological polar surface area (TPSA) is 71.0 Å². The van der Waals surface area contributed by atoms with Crippen LogP contribution in [0.15, 0.2) is 35.5 Å². The van der Waals surface area contributed by atoms with Crippen molar-refractivity contribution in [2.45, 2.75) is 44.5 Å². The summed E-state index contributed by atoms with van der Waals surface area (Å²) in [5, 5.41) is 6.23. The number of aryl methyl sites for hydroxylation is 1. The van der Waals surface area contributed by atoms with Crippen LogP contribution >= 0.6 is 11.6 Å². The maximum Gasteiger partial charge on any atom is 0.416 e. The van der Waals surface area contributed by atoms with Crippen molar-refractivity contribution in [2.75, 3.05) is 13.1 Å². The van der Waals surface area contributed by atoms with E-state index in [4.69, 9.17) is 16.4 Å². The molecule has 2 fully saturated rings. The Hall–Kier alpha value is -3.14. The van der Waals surface area contributed by atoms with E-state index < -0.39 is 28.7 Å². The van der Waals surface area contributed by atoms with Crippen molar-refractivity contribution in [3.63, 3.8) is 0 Å². The lowest BCUT2D eigenvalue weighted by Gasteiger charge is -2.39. The van der Waals surface area contributed by atoms with Gasteiger partial charge < -0.3 is 15.1 Å². The number of hydrogen-bond acceptors (Lipinski definition) is 4. The Bertz CT molecular complexity index is 1270. The van der Waals surface area contributed by atoms with E-state index in [1.165, 1.54) is 0 Å². The zero-order valence-electron chi connectivity index (χ0n) is 19.2. The third-order valence-electron chi connectivity index (χ3n) is 6.66. The Labute approximate surface area is 209 Å². The number of halogens is 5. The van der Waals surface area contributed by atoms with Gasteiger partial charge in [0, 0.05) is 36.6 Å². The van der Waals surface area contributed by atoms with Crippen LogP contribution in [0.25, 0.3) is 0 Å². The maximum absolute atomic E-state index is 14.5. The minimum atomic E-state index is -4.69. The van der Waals surface area contributed by atoms with Crippen LogP contribution in [0.5, 0.6) is 0 Å². The lowest BCUT2D eigenvalue weighted by Crippen LogP contribution is -2.61. The second-order valence-corrected chi connectivity index (χ2v) is 9.82. The van der Waals surface area contributed by atoms with E-state index in [2.05, 4.69) is 10.5 Å². The highest BCUT2D eigenvalue weighted by Crippen LogP contribution is 2.39. The van der Waals surface area contributed by atoms with E-state index >= 15 is 0 Å².